The number of fused-ring (bicyclic) bond motifs is 3. The zero-order valence-electron chi connectivity index (χ0n) is 25.2. The van der Waals surface area contributed by atoms with E-state index in [2.05, 4.69) is 28.0 Å². The quantitative estimate of drug-likeness (QED) is 0.311. The fourth-order valence-corrected chi connectivity index (χ4v) is 8.66. The molecule has 0 radical (unpaired) electrons. The van der Waals surface area contributed by atoms with E-state index in [1.165, 1.54) is 11.1 Å². The molecule has 1 amide bonds. The van der Waals surface area contributed by atoms with Gasteiger partial charge in [0.15, 0.2) is 0 Å². The van der Waals surface area contributed by atoms with Gasteiger partial charge in [0.25, 0.3) is 5.91 Å². The lowest BCUT2D eigenvalue weighted by molar-refractivity contribution is 0.0460. The molecular weight excluding hydrogens is 582 g/mol. The number of halogens is 1. The van der Waals surface area contributed by atoms with Crippen LogP contribution in [0.5, 0.6) is 5.75 Å². The van der Waals surface area contributed by atoms with E-state index >= 15 is 0 Å². The summed E-state index contributed by atoms with van der Waals surface area (Å²) in [5.41, 5.74) is 3.40. The number of carbonyl (C=O) groups is 1. The van der Waals surface area contributed by atoms with Crippen molar-refractivity contribution >= 4 is 33.1 Å². The third-order valence-corrected chi connectivity index (χ3v) is 11.2. The molecule has 3 aliphatic rings. The summed E-state index contributed by atoms with van der Waals surface area (Å²) in [6.07, 6.45) is 10.7. The number of hydrogen-bond acceptors (Lipinski definition) is 5. The minimum absolute atomic E-state index is 0.0342. The number of anilines is 1. The molecule has 6 atom stereocenters. The fraction of sp³-hybridized carbons (Fsp3) is 0.500. The largest absolute Gasteiger partial charge is 0.490 e. The van der Waals surface area contributed by atoms with E-state index in [9.17, 15) is 14.1 Å². The number of nitrogens with zero attached hydrogens (tertiary/aromatic N) is 2. The molecule has 7 nitrogen and oxygen atoms in total. The van der Waals surface area contributed by atoms with Crippen molar-refractivity contribution in [2.75, 3.05) is 30.3 Å². The standard InChI is InChI=1S/C34H44ClN3O4S/c1-4-6-8-23(3)20-43(36,41)37-33(40)25-11-15-32-30(18-25)38(19-26-10-13-28(26)31(39)5-2)21-34(22-42-32)16-7-9-24-17-27(35)12-14-29(24)34/h4-6,11-12,14-15,17-18,23,26,28,31,39H,2,7-10,13,16,19-22H2,1,3H3,(H2,36,37,40,41)/b6-4-/t23-,26-,28+,31-,34-,43?/m0/s1. The van der Waals surface area contributed by atoms with Crippen LogP contribution < -0.4 is 14.8 Å². The predicted molar refractivity (Wildman–Crippen MR) is 175 cm³/mol. The molecule has 0 saturated heterocycles. The van der Waals surface area contributed by atoms with Gasteiger partial charge in [0.1, 0.15) is 15.7 Å². The van der Waals surface area contributed by atoms with Crippen molar-refractivity contribution in [3.63, 3.8) is 0 Å². The summed E-state index contributed by atoms with van der Waals surface area (Å²) in [6.45, 7) is 9.61. The van der Waals surface area contributed by atoms with Crippen LogP contribution in [0.15, 0.2) is 65.6 Å². The zero-order valence-corrected chi connectivity index (χ0v) is 26.8. The smallest absolute Gasteiger partial charge is 0.286 e. The summed E-state index contributed by atoms with van der Waals surface area (Å²) in [5.74, 6) is 0.701. The maximum Gasteiger partial charge on any atom is 0.286 e. The molecule has 0 aromatic heterocycles. The highest BCUT2D eigenvalue weighted by Gasteiger charge is 2.44. The Morgan fingerprint density at radius 2 is 2.14 bits per heavy atom. The van der Waals surface area contributed by atoms with Crippen LogP contribution in [-0.4, -0.2) is 46.8 Å². The van der Waals surface area contributed by atoms with E-state index in [0.29, 0.717) is 31.0 Å². The van der Waals surface area contributed by atoms with Gasteiger partial charge in [0.05, 0.1) is 18.4 Å². The highest BCUT2D eigenvalue weighted by molar-refractivity contribution is 7.91. The predicted octanol–water partition coefficient (Wildman–Crippen LogP) is 6.47. The molecular formula is C34H44ClN3O4S. The lowest BCUT2D eigenvalue weighted by Crippen LogP contribution is -2.49. The summed E-state index contributed by atoms with van der Waals surface area (Å²) in [7, 11) is -3.19. The van der Waals surface area contributed by atoms with Crippen LogP contribution in [0.2, 0.25) is 5.02 Å². The second kappa shape index (κ2) is 13.1. The van der Waals surface area contributed by atoms with Gasteiger partial charge in [-0.3, -0.25) is 4.79 Å². The lowest BCUT2D eigenvalue weighted by atomic mass is 9.68. The van der Waals surface area contributed by atoms with Crippen LogP contribution in [0, 0.1) is 17.8 Å². The minimum atomic E-state index is -3.19. The van der Waals surface area contributed by atoms with Gasteiger partial charge in [-0.15, -0.1) is 10.9 Å². The number of aryl methyl sites for hydroxylation is 1. The zero-order chi connectivity index (χ0) is 30.8. The van der Waals surface area contributed by atoms with Gasteiger partial charge in [0, 0.05) is 34.8 Å². The number of benzene rings is 2. The van der Waals surface area contributed by atoms with Crippen molar-refractivity contribution in [3.05, 3.63) is 82.9 Å². The number of rotatable bonds is 9. The van der Waals surface area contributed by atoms with Crippen molar-refractivity contribution < 1.29 is 18.8 Å². The van der Waals surface area contributed by atoms with Gasteiger partial charge < -0.3 is 14.7 Å². The minimum Gasteiger partial charge on any atom is -0.490 e. The molecule has 2 aliphatic carbocycles. The maximum absolute atomic E-state index is 13.3. The van der Waals surface area contributed by atoms with Crippen molar-refractivity contribution in [3.8, 4) is 5.75 Å². The van der Waals surface area contributed by atoms with Gasteiger partial charge in [-0.1, -0.05) is 42.8 Å². The third kappa shape index (κ3) is 7.03. The lowest BCUT2D eigenvalue weighted by Gasteiger charge is -2.45. The van der Waals surface area contributed by atoms with E-state index in [1.807, 2.05) is 44.2 Å². The number of amides is 1. The Morgan fingerprint density at radius 1 is 1.33 bits per heavy atom. The number of hydrogen-bond donors (Lipinski definition) is 2. The Labute approximate surface area is 261 Å². The first-order valence-corrected chi connectivity index (χ1v) is 17.5. The molecule has 0 bridgehead atoms. The van der Waals surface area contributed by atoms with Crippen LogP contribution in [-0.2, 0) is 21.8 Å². The van der Waals surface area contributed by atoms with Crippen molar-refractivity contribution in [1.29, 1.82) is 0 Å². The molecule has 2 aromatic carbocycles. The molecule has 1 heterocycles. The molecule has 1 fully saturated rings. The molecule has 9 heteroatoms. The number of aliphatic hydroxyl groups excluding tert-OH is 1. The van der Waals surface area contributed by atoms with Gasteiger partial charge in [-0.2, -0.15) is 0 Å². The number of ether oxygens (including phenoxy) is 1. The molecule has 2 aromatic rings. The molecule has 43 heavy (non-hydrogen) atoms. The van der Waals surface area contributed by atoms with Gasteiger partial charge in [0.2, 0.25) is 0 Å². The van der Waals surface area contributed by atoms with Crippen LogP contribution in [0.25, 0.3) is 0 Å². The number of allylic oxidation sites excluding steroid dienone is 2. The Kier molecular flexibility index (Phi) is 9.71. The highest BCUT2D eigenvalue weighted by atomic mass is 35.5. The number of nitrogens with two attached hydrogens (primary N) is 1. The number of aliphatic hydroxyl groups is 1. The first-order valence-electron chi connectivity index (χ1n) is 15.3. The molecule has 1 unspecified atom stereocenters. The molecule has 1 spiro atoms. The summed E-state index contributed by atoms with van der Waals surface area (Å²) in [5, 5.41) is 17.4. The van der Waals surface area contributed by atoms with Crippen LogP contribution in [0.3, 0.4) is 0 Å². The van der Waals surface area contributed by atoms with E-state index in [1.54, 1.807) is 12.1 Å². The van der Waals surface area contributed by atoms with E-state index in [-0.39, 0.29) is 28.9 Å². The first kappa shape index (κ1) is 31.8. The summed E-state index contributed by atoms with van der Waals surface area (Å²) >= 11 is 6.39. The average molecular weight is 626 g/mol. The van der Waals surface area contributed by atoms with E-state index in [0.717, 1.165) is 49.2 Å². The Morgan fingerprint density at radius 3 is 2.86 bits per heavy atom. The SMILES string of the molecule is C=C[C@H](O)[C@@H]1CC[C@H]1CN1C[C@@]2(CCCc3cc(Cl)ccc32)COc2ccc(C(=O)N=S(N)(=O)C[C@@H](C)C/C=C\C)cc21. The van der Waals surface area contributed by atoms with Gasteiger partial charge in [-0.25, -0.2) is 9.35 Å². The van der Waals surface area contributed by atoms with Gasteiger partial charge in [-0.05, 0) is 105 Å². The van der Waals surface area contributed by atoms with E-state index < -0.39 is 21.9 Å². The monoisotopic (exact) mass is 625 g/mol. The highest BCUT2D eigenvalue weighted by Crippen LogP contribution is 2.46. The Bertz CT molecular complexity index is 1520. The second-order valence-electron chi connectivity index (χ2n) is 12.7. The molecule has 1 aliphatic heterocycles. The maximum atomic E-state index is 13.3. The van der Waals surface area contributed by atoms with Crippen molar-refractivity contribution in [1.82, 2.24) is 0 Å². The summed E-state index contributed by atoms with van der Waals surface area (Å²) in [6, 6.07) is 11.5. The van der Waals surface area contributed by atoms with Crippen molar-refractivity contribution in [2.24, 2.45) is 27.3 Å². The Hall–Kier alpha value is -2.65. The number of carbonyl (C=O) groups excluding carboxylic acids is 1. The topological polar surface area (TPSA) is 105 Å². The van der Waals surface area contributed by atoms with Crippen LogP contribution in [0.1, 0.15) is 67.4 Å². The molecule has 3 N–H and O–H groups in total. The molecule has 232 valence electrons. The van der Waals surface area contributed by atoms with Crippen LogP contribution in [0.4, 0.5) is 5.69 Å². The van der Waals surface area contributed by atoms with Crippen LogP contribution >= 0.6 is 11.6 Å². The fourth-order valence-electron chi connectivity index (χ4n) is 7.05. The average Bonchev–Trinajstić information content (AvgIpc) is 3.10. The third-order valence-electron chi connectivity index (χ3n) is 9.43. The summed E-state index contributed by atoms with van der Waals surface area (Å²) < 4.78 is 23.7. The molecule has 1 saturated carbocycles. The summed E-state index contributed by atoms with van der Waals surface area (Å²) in [4.78, 5) is 15.7. The Balaban J connectivity index is 1.49. The van der Waals surface area contributed by atoms with Crippen molar-refractivity contribution in [2.45, 2.75) is 63.9 Å². The normalized spacial score (nSPS) is 25.8. The van der Waals surface area contributed by atoms with E-state index in [4.69, 9.17) is 21.5 Å². The molecule has 5 rings (SSSR count). The second-order valence-corrected chi connectivity index (χ2v) is 15.0. The first-order chi connectivity index (χ1) is 20.5. The van der Waals surface area contributed by atoms with Gasteiger partial charge >= 0.3 is 0 Å².